The van der Waals surface area contributed by atoms with E-state index >= 15 is 0 Å². The van der Waals surface area contributed by atoms with Gasteiger partial charge in [-0.2, -0.15) is 0 Å². The summed E-state index contributed by atoms with van der Waals surface area (Å²) in [7, 11) is 0. The maximum atomic E-state index is 11.8. The summed E-state index contributed by atoms with van der Waals surface area (Å²) >= 11 is 0. The molecule has 0 bridgehead atoms. The van der Waals surface area contributed by atoms with Gasteiger partial charge < -0.3 is 10.6 Å². The van der Waals surface area contributed by atoms with Crippen LogP contribution in [-0.2, 0) is 4.79 Å². The van der Waals surface area contributed by atoms with Gasteiger partial charge in [0.15, 0.2) is 0 Å². The van der Waals surface area contributed by atoms with E-state index in [0.29, 0.717) is 6.04 Å². The molecular weight excluding hydrogens is 226 g/mol. The van der Waals surface area contributed by atoms with Crippen molar-refractivity contribution < 1.29 is 4.79 Å². The fourth-order valence-electron chi connectivity index (χ4n) is 2.94. The van der Waals surface area contributed by atoms with Crippen molar-refractivity contribution in [2.75, 3.05) is 26.2 Å². The fraction of sp³-hybridized carbons (Fsp3) is 0.929. The molecule has 0 spiro atoms. The van der Waals surface area contributed by atoms with Crippen molar-refractivity contribution in [3.8, 4) is 0 Å². The maximum absolute atomic E-state index is 11.8. The van der Waals surface area contributed by atoms with Gasteiger partial charge in [-0.15, -0.1) is 0 Å². The zero-order chi connectivity index (χ0) is 12.8. The van der Waals surface area contributed by atoms with Crippen LogP contribution in [0.1, 0.15) is 45.4 Å². The van der Waals surface area contributed by atoms with E-state index in [0.717, 1.165) is 32.4 Å². The molecule has 0 saturated carbocycles. The molecule has 4 nitrogen and oxygen atoms in total. The molecule has 2 N–H and O–H groups in total. The highest BCUT2D eigenvalue weighted by Crippen LogP contribution is 2.12. The number of carbonyl (C=O) groups is 1. The summed E-state index contributed by atoms with van der Waals surface area (Å²) in [4.78, 5) is 14.4. The molecule has 2 aliphatic heterocycles. The van der Waals surface area contributed by atoms with Gasteiger partial charge in [0.25, 0.3) is 0 Å². The molecule has 0 aromatic carbocycles. The van der Waals surface area contributed by atoms with Crippen molar-refractivity contribution in [1.29, 1.82) is 0 Å². The van der Waals surface area contributed by atoms with Crippen LogP contribution in [0.15, 0.2) is 0 Å². The second-order valence-electron chi connectivity index (χ2n) is 5.69. The maximum Gasteiger partial charge on any atom is 0.237 e. The zero-order valence-electron chi connectivity index (χ0n) is 11.6. The topological polar surface area (TPSA) is 44.4 Å². The number of nitrogens with one attached hydrogen (secondary N) is 2. The minimum Gasteiger partial charge on any atom is -0.355 e. The molecule has 1 amide bonds. The van der Waals surface area contributed by atoms with Gasteiger partial charge in [-0.1, -0.05) is 6.42 Å². The molecule has 2 fully saturated rings. The van der Waals surface area contributed by atoms with Crippen molar-refractivity contribution in [3.63, 3.8) is 0 Å². The first kappa shape index (κ1) is 13.8. The lowest BCUT2D eigenvalue weighted by Gasteiger charge is -2.33. The second-order valence-corrected chi connectivity index (χ2v) is 5.69. The lowest BCUT2D eigenvalue weighted by atomic mass is 10.1. The molecule has 2 atom stereocenters. The Morgan fingerprint density at radius 1 is 1.28 bits per heavy atom. The molecule has 4 heteroatoms. The third-order valence-electron chi connectivity index (χ3n) is 4.21. The Balaban J connectivity index is 1.73. The SMILES string of the molecule is CC(CNC1CCCCNC1=O)N1CCCCC1. The first-order chi connectivity index (χ1) is 8.77. The van der Waals surface area contributed by atoms with Crippen LogP contribution >= 0.6 is 0 Å². The summed E-state index contributed by atoms with van der Waals surface area (Å²) in [5.74, 6) is 0.193. The standard InChI is InChI=1S/C14H27N3O/c1-12(17-9-5-2-6-10-17)11-16-13-7-3-4-8-15-14(13)18/h12-13,16H,2-11H2,1H3,(H,15,18). The highest BCUT2D eigenvalue weighted by molar-refractivity contribution is 5.81. The van der Waals surface area contributed by atoms with Gasteiger partial charge >= 0.3 is 0 Å². The van der Waals surface area contributed by atoms with Crippen LogP contribution in [0, 0.1) is 0 Å². The third-order valence-corrected chi connectivity index (χ3v) is 4.21. The quantitative estimate of drug-likeness (QED) is 0.789. The zero-order valence-corrected chi connectivity index (χ0v) is 11.6. The Bertz CT molecular complexity index is 264. The van der Waals surface area contributed by atoms with Crippen molar-refractivity contribution in [2.45, 2.75) is 57.5 Å². The summed E-state index contributed by atoms with van der Waals surface area (Å²) in [6, 6.07) is 0.570. The summed E-state index contributed by atoms with van der Waals surface area (Å²) in [5.41, 5.74) is 0. The summed E-state index contributed by atoms with van der Waals surface area (Å²) in [5, 5.41) is 6.44. The van der Waals surface area contributed by atoms with E-state index in [1.54, 1.807) is 0 Å². The Labute approximate surface area is 110 Å². The number of amides is 1. The van der Waals surface area contributed by atoms with Gasteiger partial charge in [-0.3, -0.25) is 9.69 Å². The van der Waals surface area contributed by atoms with Crippen LogP contribution in [0.3, 0.4) is 0 Å². The van der Waals surface area contributed by atoms with Gasteiger partial charge in [-0.05, 0) is 52.1 Å². The van der Waals surface area contributed by atoms with Crippen LogP contribution in [0.5, 0.6) is 0 Å². The number of carbonyl (C=O) groups excluding carboxylic acids is 1. The predicted molar refractivity (Wildman–Crippen MR) is 73.5 cm³/mol. The molecule has 2 unspecified atom stereocenters. The Morgan fingerprint density at radius 2 is 2.06 bits per heavy atom. The minimum atomic E-state index is 0.0275. The van der Waals surface area contributed by atoms with E-state index in [4.69, 9.17) is 0 Å². The summed E-state index contributed by atoms with van der Waals surface area (Å²) in [6.07, 6.45) is 7.28. The largest absolute Gasteiger partial charge is 0.355 e. The van der Waals surface area contributed by atoms with Crippen LogP contribution in [0.2, 0.25) is 0 Å². The van der Waals surface area contributed by atoms with Gasteiger partial charge in [0, 0.05) is 19.1 Å². The molecule has 2 rings (SSSR count). The molecule has 2 saturated heterocycles. The number of piperidine rings is 1. The van der Waals surface area contributed by atoms with Crippen LogP contribution in [0.4, 0.5) is 0 Å². The predicted octanol–water partition coefficient (Wildman–Crippen LogP) is 1.12. The minimum absolute atomic E-state index is 0.0275. The number of nitrogens with zero attached hydrogens (tertiary/aromatic N) is 1. The monoisotopic (exact) mass is 253 g/mol. The molecule has 0 radical (unpaired) electrons. The molecule has 0 aromatic rings. The van der Waals surface area contributed by atoms with E-state index in [1.165, 1.54) is 32.4 Å². The highest BCUT2D eigenvalue weighted by atomic mass is 16.2. The smallest absolute Gasteiger partial charge is 0.237 e. The van der Waals surface area contributed by atoms with Crippen molar-refractivity contribution in [3.05, 3.63) is 0 Å². The average molecular weight is 253 g/mol. The molecule has 18 heavy (non-hydrogen) atoms. The van der Waals surface area contributed by atoms with E-state index < -0.39 is 0 Å². The van der Waals surface area contributed by atoms with Crippen LogP contribution < -0.4 is 10.6 Å². The Kier molecular flexibility index (Phi) is 5.45. The third kappa shape index (κ3) is 3.95. The normalized spacial score (nSPS) is 28.5. The molecule has 2 aliphatic rings. The van der Waals surface area contributed by atoms with Crippen LogP contribution in [-0.4, -0.2) is 49.1 Å². The van der Waals surface area contributed by atoms with Crippen molar-refractivity contribution in [2.24, 2.45) is 0 Å². The first-order valence-electron chi connectivity index (χ1n) is 7.52. The van der Waals surface area contributed by atoms with E-state index in [1.807, 2.05) is 0 Å². The molecule has 0 aromatic heterocycles. The first-order valence-corrected chi connectivity index (χ1v) is 7.52. The van der Waals surface area contributed by atoms with E-state index in [2.05, 4.69) is 22.5 Å². The number of likely N-dealkylation sites (tertiary alicyclic amines) is 1. The lowest BCUT2D eigenvalue weighted by Crippen LogP contribution is -2.49. The molecule has 104 valence electrons. The lowest BCUT2D eigenvalue weighted by molar-refractivity contribution is -0.122. The van der Waals surface area contributed by atoms with E-state index in [9.17, 15) is 4.79 Å². The van der Waals surface area contributed by atoms with Crippen LogP contribution in [0.25, 0.3) is 0 Å². The highest BCUT2D eigenvalue weighted by Gasteiger charge is 2.22. The fourth-order valence-corrected chi connectivity index (χ4v) is 2.94. The molecule has 2 heterocycles. The summed E-state index contributed by atoms with van der Waals surface area (Å²) < 4.78 is 0. The summed E-state index contributed by atoms with van der Waals surface area (Å²) in [6.45, 7) is 6.49. The Hall–Kier alpha value is -0.610. The Morgan fingerprint density at radius 3 is 2.83 bits per heavy atom. The number of rotatable bonds is 4. The number of hydrogen-bond donors (Lipinski definition) is 2. The van der Waals surface area contributed by atoms with Gasteiger partial charge in [0.05, 0.1) is 6.04 Å². The van der Waals surface area contributed by atoms with E-state index in [-0.39, 0.29) is 11.9 Å². The van der Waals surface area contributed by atoms with Crippen molar-refractivity contribution >= 4 is 5.91 Å². The number of hydrogen-bond acceptors (Lipinski definition) is 3. The molecule has 0 aliphatic carbocycles. The average Bonchev–Trinajstić information content (AvgIpc) is 2.62. The van der Waals surface area contributed by atoms with Gasteiger partial charge in [0.1, 0.15) is 0 Å². The van der Waals surface area contributed by atoms with Gasteiger partial charge in [0.2, 0.25) is 5.91 Å². The van der Waals surface area contributed by atoms with Gasteiger partial charge in [-0.25, -0.2) is 0 Å². The second kappa shape index (κ2) is 7.10. The molecular formula is C14H27N3O. The van der Waals surface area contributed by atoms with Crippen molar-refractivity contribution in [1.82, 2.24) is 15.5 Å².